The summed E-state index contributed by atoms with van der Waals surface area (Å²) in [7, 11) is 0. The molecule has 0 unspecified atom stereocenters. The number of ether oxygens (including phenoxy) is 1. The maximum absolute atomic E-state index is 12.5. The number of carbonyl (C=O) groups is 1. The first-order valence-corrected chi connectivity index (χ1v) is 8.17. The minimum atomic E-state index is -0.154. The van der Waals surface area contributed by atoms with Gasteiger partial charge in [-0.15, -0.1) is 0 Å². The average molecular weight is 304 g/mol. The van der Waals surface area contributed by atoms with Crippen molar-refractivity contribution < 1.29 is 9.53 Å². The average Bonchev–Trinajstić information content (AvgIpc) is 2.46. The van der Waals surface area contributed by atoms with Crippen LogP contribution in [0.3, 0.4) is 0 Å². The minimum Gasteiger partial charge on any atom is -0.373 e. The van der Waals surface area contributed by atoms with Crippen LogP contribution in [-0.4, -0.2) is 42.1 Å². The molecular formula is C18H28N2O2. The van der Waals surface area contributed by atoms with E-state index in [1.165, 1.54) is 5.56 Å². The van der Waals surface area contributed by atoms with Gasteiger partial charge >= 0.3 is 0 Å². The van der Waals surface area contributed by atoms with E-state index in [0.717, 1.165) is 18.8 Å². The molecule has 0 radical (unpaired) electrons. The molecule has 1 saturated heterocycles. The fourth-order valence-corrected chi connectivity index (χ4v) is 2.90. The van der Waals surface area contributed by atoms with Gasteiger partial charge in [0.15, 0.2) is 0 Å². The van der Waals surface area contributed by atoms with Crippen LogP contribution in [0.2, 0.25) is 0 Å². The molecule has 1 aliphatic heterocycles. The monoisotopic (exact) mass is 304 g/mol. The molecule has 1 N–H and O–H groups in total. The van der Waals surface area contributed by atoms with E-state index in [0.29, 0.717) is 5.92 Å². The van der Waals surface area contributed by atoms with E-state index in [1.807, 2.05) is 19.1 Å². The Balaban J connectivity index is 1.96. The summed E-state index contributed by atoms with van der Waals surface area (Å²) in [5.41, 5.74) is 2.14. The van der Waals surface area contributed by atoms with Crippen LogP contribution in [-0.2, 0) is 9.53 Å². The van der Waals surface area contributed by atoms with Crippen molar-refractivity contribution in [3.63, 3.8) is 0 Å². The lowest BCUT2D eigenvalue weighted by Crippen LogP contribution is -2.52. The molecule has 0 spiro atoms. The molecule has 1 amide bonds. The van der Waals surface area contributed by atoms with E-state index < -0.39 is 0 Å². The Labute approximate surface area is 133 Å². The SMILES string of the molecule is CC(C)c1ccc(NC(=O)[C@H](C)N2C[C@H](C)O[C@@H](C)C2)cc1. The van der Waals surface area contributed by atoms with E-state index in [-0.39, 0.29) is 24.2 Å². The smallest absolute Gasteiger partial charge is 0.241 e. The first kappa shape index (κ1) is 17.0. The van der Waals surface area contributed by atoms with Crippen LogP contribution < -0.4 is 5.32 Å². The van der Waals surface area contributed by atoms with Crippen molar-refractivity contribution in [1.82, 2.24) is 4.90 Å². The molecule has 0 aliphatic carbocycles. The van der Waals surface area contributed by atoms with Gasteiger partial charge in [-0.2, -0.15) is 0 Å². The predicted molar refractivity (Wildman–Crippen MR) is 90.2 cm³/mol. The van der Waals surface area contributed by atoms with Gasteiger partial charge in [0, 0.05) is 18.8 Å². The van der Waals surface area contributed by atoms with Crippen LogP contribution in [0, 0.1) is 0 Å². The Morgan fingerprint density at radius 1 is 1.14 bits per heavy atom. The number of nitrogens with zero attached hydrogens (tertiary/aromatic N) is 1. The van der Waals surface area contributed by atoms with E-state index in [2.05, 4.69) is 50.0 Å². The molecule has 1 fully saturated rings. The van der Waals surface area contributed by atoms with Crippen molar-refractivity contribution in [3.05, 3.63) is 29.8 Å². The van der Waals surface area contributed by atoms with Gasteiger partial charge in [0.1, 0.15) is 0 Å². The van der Waals surface area contributed by atoms with Crippen LogP contribution in [0.25, 0.3) is 0 Å². The fourth-order valence-electron chi connectivity index (χ4n) is 2.90. The Bertz CT molecular complexity index is 488. The minimum absolute atomic E-state index is 0.0404. The molecule has 4 nitrogen and oxygen atoms in total. The highest BCUT2D eigenvalue weighted by molar-refractivity contribution is 5.94. The van der Waals surface area contributed by atoms with Crippen molar-refractivity contribution >= 4 is 11.6 Å². The van der Waals surface area contributed by atoms with Gasteiger partial charge in [0.05, 0.1) is 18.2 Å². The van der Waals surface area contributed by atoms with Gasteiger partial charge in [0.2, 0.25) is 5.91 Å². The van der Waals surface area contributed by atoms with Gasteiger partial charge in [0.25, 0.3) is 0 Å². The quantitative estimate of drug-likeness (QED) is 0.928. The lowest BCUT2D eigenvalue weighted by molar-refractivity contribution is -0.126. The first-order chi connectivity index (χ1) is 10.4. The molecule has 2 rings (SSSR count). The summed E-state index contributed by atoms with van der Waals surface area (Å²) in [4.78, 5) is 14.6. The first-order valence-electron chi connectivity index (χ1n) is 8.17. The van der Waals surface area contributed by atoms with E-state index in [4.69, 9.17) is 4.74 Å². The highest BCUT2D eigenvalue weighted by Crippen LogP contribution is 2.18. The van der Waals surface area contributed by atoms with Crippen molar-refractivity contribution in [2.24, 2.45) is 0 Å². The van der Waals surface area contributed by atoms with Gasteiger partial charge in [-0.25, -0.2) is 0 Å². The molecule has 0 bridgehead atoms. The summed E-state index contributed by atoms with van der Waals surface area (Å²) in [6, 6.07) is 7.95. The maximum atomic E-state index is 12.5. The molecule has 1 aromatic carbocycles. The molecule has 4 heteroatoms. The number of benzene rings is 1. The third-order valence-electron chi connectivity index (χ3n) is 4.22. The normalized spacial score (nSPS) is 24.3. The van der Waals surface area contributed by atoms with Crippen LogP contribution in [0.1, 0.15) is 46.1 Å². The third-order valence-corrected chi connectivity index (χ3v) is 4.22. The molecule has 1 aliphatic rings. The Kier molecular flexibility index (Phi) is 5.59. The third kappa shape index (κ3) is 4.31. The van der Waals surface area contributed by atoms with Crippen LogP contribution in [0.4, 0.5) is 5.69 Å². The standard InChI is InChI=1S/C18H28N2O2/c1-12(2)16-6-8-17(9-7-16)19-18(21)15(5)20-10-13(3)22-14(4)11-20/h6-9,12-15H,10-11H2,1-5H3,(H,19,21)/t13-,14-,15-/m0/s1. The van der Waals surface area contributed by atoms with Gasteiger partial charge < -0.3 is 10.1 Å². The number of morpholine rings is 1. The second-order valence-corrected chi connectivity index (χ2v) is 6.65. The molecule has 1 heterocycles. The van der Waals surface area contributed by atoms with E-state index >= 15 is 0 Å². The van der Waals surface area contributed by atoms with Crippen LogP contribution >= 0.6 is 0 Å². The summed E-state index contributed by atoms with van der Waals surface area (Å²) in [6.45, 7) is 12.0. The molecule has 122 valence electrons. The molecular weight excluding hydrogens is 276 g/mol. The second-order valence-electron chi connectivity index (χ2n) is 6.65. The lowest BCUT2D eigenvalue weighted by Gasteiger charge is -2.38. The number of nitrogens with one attached hydrogen (secondary N) is 1. The zero-order chi connectivity index (χ0) is 16.3. The van der Waals surface area contributed by atoms with Crippen molar-refractivity contribution in [2.75, 3.05) is 18.4 Å². The lowest BCUT2D eigenvalue weighted by atomic mass is 10.0. The summed E-state index contributed by atoms with van der Waals surface area (Å²) in [5.74, 6) is 0.540. The van der Waals surface area contributed by atoms with Crippen LogP contribution in [0.15, 0.2) is 24.3 Å². The topological polar surface area (TPSA) is 41.6 Å². The largest absolute Gasteiger partial charge is 0.373 e. The molecule has 22 heavy (non-hydrogen) atoms. The number of anilines is 1. The van der Waals surface area contributed by atoms with Crippen LogP contribution in [0.5, 0.6) is 0 Å². The number of rotatable bonds is 4. The highest BCUT2D eigenvalue weighted by atomic mass is 16.5. The van der Waals surface area contributed by atoms with E-state index in [9.17, 15) is 4.79 Å². The number of amides is 1. The van der Waals surface area contributed by atoms with Crippen molar-refractivity contribution in [3.8, 4) is 0 Å². The van der Waals surface area contributed by atoms with Gasteiger partial charge in [-0.3, -0.25) is 9.69 Å². The van der Waals surface area contributed by atoms with Gasteiger partial charge in [-0.1, -0.05) is 26.0 Å². The molecule has 0 saturated carbocycles. The predicted octanol–water partition coefficient (Wildman–Crippen LogP) is 3.25. The zero-order valence-electron chi connectivity index (χ0n) is 14.3. The van der Waals surface area contributed by atoms with E-state index in [1.54, 1.807) is 0 Å². The number of hydrogen-bond donors (Lipinski definition) is 1. The Morgan fingerprint density at radius 2 is 1.68 bits per heavy atom. The highest BCUT2D eigenvalue weighted by Gasteiger charge is 2.29. The maximum Gasteiger partial charge on any atom is 0.241 e. The summed E-state index contributed by atoms with van der Waals surface area (Å²) >= 11 is 0. The molecule has 0 aromatic heterocycles. The Hall–Kier alpha value is -1.39. The summed E-state index contributed by atoms with van der Waals surface area (Å²) < 4.78 is 5.73. The van der Waals surface area contributed by atoms with Crippen molar-refractivity contribution in [2.45, 2.75) is 58.8 Å². The Morgan fingerprint density at radius 3 is 2.18 bits per heavy atom. The summed E-state index contributed by atoms with van der Waals surface area (Å²) in [6.07, 6.45) is 0.341. The molecule has 3 atom stereocenters. The summed E-state index contributed by atoms with van der Waals surface area (Å²) in [5, 5.41) is 3.01. The number of carbonyl (C=O) groups excluding carboxylic acids is 1. The van der Waals surface area contributed by atoms with Gasteiger partial charge in [-0.05, 0) is 44.4 Å². The van der Waals surface area contributed by atoms with Crippen molar-refractivity contribution in [1.29, 1.82) is 0 Å². The second kappa shape index (κ2) is 7.25. The number of hydrogen-bond acceptors (Lipinski definition) is 3. The fraction of sp³-hybridized carbons (Fsp3) is 0.611. The zero-order valence-corrected chi connectivity index (χ0v) is 14.3. The molecule has 1 aromatic rings.